The molecule has 72 valence electrons. The number of amides is 1. The summed E-state index contributed by atoms with van der Waals surface area (Å²) in [6.07, 6.45) is 0. The third-order valence-corrected chi connectivity index (χ3v) is 3.24. The van der Waals surface area contributed by atoms with E-state index in [-0.39, 0.29) is 17.2 Å². The Bertz CT molecular complexity index is 161. The summed E-state index contributed by atoms with van der Waals surface area (Å²) in [6, 6.07) is 0. The normalized spacial score (nSPS) is 14.6. The molecular weight excluding hydrogens is 150 g/mol. The molecule has 0 radical (unpaired) electrons. The minimum absolute atomic E-state index is 0.0695. The van der Waals surface area contributed by atoms with Crippen molar-refractivity contribution < 1.29 is 4.79 Å². The molecule has 1 N–H and O–H groups in total. The van der Waals surface area contributed by atoms with Crippen molar-refractivity contribution in [3.05, 3.63) is 0 Å². The van der Waals surface area contributed by atoms with Gasteiger partial charge in [0, 0.05) is 13.0 Å². The first-order valence-electron chi connectivity index (χ1n) is 4.55. The van der Waals surface area contributed by atoms with Crippen LogP contribution in [0.2, 0.25) is 0 Å². The van der Waals surface area contributed by atoms with Crippen LogP contribution < -0.4 is 5.32 Å². The second kappa shape index (κ2) is 3.92. The summed E-state index contributed by atoms with van der Waals surface area (Å²) < 4.78 is 0. The van der Waals surface area contributed by atoms with Crippen LogP contribution in [0.5, 0.6) is 0 Å². The molecule has 1 atom stereocenters. The van der Waals surface area contributed by atoms with E-state index in [0.717, 1.165) is 0 Å². The molecule has 0 heterocycles. The fourth-order valence-electron chi connectivity index (χ4n) is 1.05. The minimum Gasteiger partial charge on any atom is -0.359 e. The van der Waals surface area contributed by atoms with Crippen molar-refractivity contribution in [3.63, 3.8) is 0 Å². The first-order valence-corrected chi connectivity index (χ1v) is 4.55. The molecule has 0 aromatic heterocycles. The van der Waals surface area contributed by atoms with E-state index in [9.17, 15) is 4.79 Å². The van der Waals surface area contributed by atoms with Gasteiger partial charge in [0.25, 0.3) is 0 Å². The van der Waals surface area contributed by atoms with Gasteiger partial charge < -0.3 is 5.32 Å². The number of nitrogens with one attached hydrogen (secondary N) is 1. The lowest BCUT2D eigenvalue weighted by molar-refractivity contribution is -0.128. The molecule has 0 bridgehead atoms. The van der Waals surface area contributed by atoms with Crippen LogP contribution in [0.3, 0.4) is 0 Å². The Labute approximate surface area is 75.7 Å². The van der Waals surface area contributed by atoms with Crippen molar-refractivity contribution in [1.82, 2.24) is 5.32 Å². The maximum absolute atomic E-state index is 11.4. The van der Waals surface area contributed by atoms with E-state index in [1.165, 1.54) is 0 Å². The molecule has 0 saturated heterocycles. The van der Waals surface area contributed by atoms with Gasteiger partial charge in [0.2, 0.25) is 5.91 Å². The average Bonchev–Trinajstić information content (AvgIpc) is 2.01. The molecule has 0 aromatic carbocycles. The second-order valence-electron chi connectivity index (χ2n) is 4.31. The van der Waals surface area contributed by atoms with E-state index in [1.807, 2.05) is 6.92 Å². The highest BCUT2D eigenvalue weighted by atomic mass is 16.1. The van der Waals surface area contributed by atoms with Gasteiger partial charge in [0.15, 0.2) is 0 Å². The fourth-order valence-corrected chi connectivity index (χ4v) is 1.05. The molecule has 2 heteroatoms. The van der Waals surface area contributed by atoms with Gasteiger partial charge in [-0.05, 0) is 11.3 Å². The highest BCUT2D eigenvalue weighted by Gasteiger charge is 2.33. The van der Waals surface area contributed by atoms with Crippen LogP contribution in [-0.2, 0) is 4.79 Å². The van der Waals surface area contributed by atoms with Crippen molar-refractivity contribution >= 4 is 5.91 Å². The average molecular weight is 171 g/mol. The van der Waals surface area contributed by atoms with Crippen LogP contribution in [0.4, 0.5) is 0 Å². The van der Waals surface area contributed by atoms with E-state index in [0.29, 0.717) is 5.92 Å². The molecule has 1 unspecified atom stereocenters. The van der Waals surface area contributed by atoms with Crippen molar-refractivity contribution in [3.8, 4) is 0 Å². The predicted molar refractivity (Wildman–Crippen MR) is 51.8 cm³/mol. The van der Waals surface area contributed by atoms with E-state index in [1.54, 1.807) is 7.05 Å². The summed E-state index contributed by atoms with van der Waals surface area (Å²) >= 11 is 0. The molecule has 12 heavy (non-hydrogen) atoms. The number of carbonyl (C=O) groups excluding carboxylic acids is 1. The second-order valence-corrected chi connectivity index (χ2v) is 4.31. The van der Waals surface area contributed by atoms with Gasteiger partial charge >= 0.3 is 0 Å². The maximum Gasteiger partial charge on any atom is 0.223 e. The number of rotatable bonds is 3. The molecule has 0 spiro atoms. The zero-order valence-electron chi connectivity index (χ0n) is 9.06. The monoisotopic (exact) mass is 171 g/mol. The molecule has 0 aromatic rings. The topological polar surface area (TPSA) is 29.1 Å². The van der Waals surface area contributed by atoms with Gasteiger partial charge in [0.1, 0.15) is 0 Å². The van der Waals surface area contributed by atoms with E-state index in [4.69, 9.17) is 0 Å². The summed E-state index contributed by atoms with van der Waals surface area (Å²) in [5.41, 5.74) is 0.0695. The van der Waals surface area contributed by atoms with Gasteiger partial charge in [-0.3, -0.25) is 4.79 Å². The van der Waals surface area contributed by atoms with Gasteiger partial charge in [-0.25, -0.2) is 0 Å². The standard InChI is InChI=1S/C10H21NO/c1-7(2)10(4,5)8(3)9(12)11-6/h7-8H,1-6H3,(H,11,12). The zero-order valence-corrected chi connectivity index (χ0v) is 9.06. The van der Waals surface area contributed by atoms with Gasteiger partial charge in [0.05, 0.1) is 0 Å². The zero-order chi connectivity index (χ0) is 9.94. The Morgan fingerprint density at radius 2 is 1.67 bits per heavy atom. The molecule has 0 fully saturated rings. The molecule has 0 aliphatic carbocycles. The van der Waals surface area contributed by atoms with Gasteiger partial charge in [-0.15, -0.1) is 0 Å². The van der Waals surface area contributed by atoms with Crippen molar-refractivity contribution in [2.45, 2.75) is 34.6 Å². The fraction of sp³-hybridized carbons (Fsp3) is 0.900. The van der Waals surface area contributed by atoms with Crippen LogP contribution >= 0.6 is 0 Å². The third kappa shape index (κ3) is 2.23. The third-order valence-electron chi connectivity index (χ3n) is 3.24. The predicted octanol–water partition coefficient (Wildman–Crippen LogP) is 2.05. The summed E-state index contributed by atoms with van der Waals surface area (Å²) in [5, 5.41) is 2.69. The highest BCUT2D eigenvalue weighted by Crippen LogP contribution is 2.34. The minimum atomic E-state index is 0.0695. The Balaban J connectivity index is 4.45. The van der Waals surface area contributed by atoms with Crippen molar-refractivity contribution in [2.24, 2.45) is 17.3 Å². The van der Waals surface area contributed by atoms with Crippen molar-refractivity contribution in [2.75, 3.05) is 7.05 Å². The van der Waals surface area contributed by atoms with Crippen LogP contribution in [0.15, 0.2) is 0 Å². The van der Waals surface area contributed by atoms with Crippen LogP contribution in [0, 0.1) is 17.3 Å². The maximum atomic E-state index is 11.4. The lowest BCUT2D eigenvalue weighted by Crippen LogP contribution is -2.38. The first kappa shape index (κ1) is 11.5. The number of hydrogen-bond acceptors (Lipinski definition) is 1. The molecule has 1 amide bonds. The summed E-state index contributed by atoms with van der Waals surface area (Å²) in [5.74, 6) is 0.723. The summed E-state index contributed by atoms with van der Waals surface area (Å²) in [7, 11) is 1.69. The SMILES string of the molecule is CNC(=O)C(C)C(C)(C)C(C)C. The first-order chi connectivity index (χ1) is 5.34. The Hall–Kier alpha value is -0.530. The lowest BCUT2D eigenvalue weighted by Gasteiger charge is -2.34. The number of carbonyl (C=O) groups is 1. The smallest absolute Gasteiger partial charge is 0.223 e. The van der Waals surface area contributed by atoms with Crippen LogP contribution in [0.1, 0.15) is 34.6 Å². The Morgan fingerprint density at radius 1 is 1.25 bits per heavy atom. The number of hydrogen-bond donors (Lipinski definition) is 1. The van der Waals surface area contributed by atoms with E-state index >= 15 is 0 Å². The summed E-state index contributed by atoms with van der Waals surface area (Å²) in [4.78, 5) is 11.4. The molecule has 0 aliphatic heterocycles. The molecule has 0 saturated carbocycles. The largest absolute Gasteiger partial charge is 0.359 e. The molecule has 2 nitrogen and oxygen atoms in total. The Morgan fingerprint density at radius 3 is 1.92 bits per heavy atom. The van der Waals surface area contributed by atoms with Crippen LogP contribution in [-0.4, -0.2) is 13.0 Å². The van der Waals surface area contributed by atoms with Gasteiger partial charge in [-0.1, -0.05) is 34.6 Å². The molecule has 0 aliphatic rings. The lowest BCUT2D eigenvalue weighted by atomic mass is 9.71. The van der Waals surface area contributed by atoms with E-state index < -0.39 is 0 Å². The van der Waals surface area contributed by atoms with Gasteiger partial charge in [-0.2, -0.15) is 0 Å². The molecular formula is C10H21NO. The Kier molecular flexibility index (Phi) is 3.75. The van der Waals surface area contributed by atoms with Crippen molar-refractivity contribution in [1.29, 1.82) is 0 Å². The highest BCUT2D eigenvalue weighted by molar-refractivity contribution is 5.78. The van der Waals surface area contributed by atoms with Crippen LogP contribution in [0.25, 0.3) is 0 Å². The van der Waals surface area contributed by atoms with E-state index in [2.05, 4.69) is 33.0 Å². The quantitative estimate of drug-likeness (QED) is 0.692. The molecule has 0 rings (SSSR count). The summed E-state index contributed by atoms with van der Waals surface area (Å²) in [6.45, 7) is 10.6.